The standard InChI is InChI=1S/C23H29N3O2.ClH/c1-2-14-25(19-10-12-24-13-11-19)23(28)18-15-22(27)26(16-18)21-9-5-7-17-6-3-4-8-20(17)21;/h3-9,18-19,24H,2,10-16H2,1H3;1H. The number of nitrogens with one attached hydrogen (secondary N) is 1. The van der Waals surface area contributed by atoms with Gasteiger partial charge in [0.05, 0.1) is 11.6 Å². The van der Waals surface area contributed by atoms with Crippen LogP contribution in [-0.2, 0) is 9.59 Å². The monoisotopic (exact) mass is 415 g/mol. The number of carbonyl (C=O) groups is 2. The predicted molar refractivity (Wildman–Crippen MR) is 120 cm³/mol. The van der Waals surface area contributed by atoms with Crippen LogP contribution in [0.1, 0.15) is 32.6 Å². The summed E-state index contributed by atoms with van der Waals surface area (Å²) in [5, 5.41) is 5.55. The van der Waals surface area contributed by atoms with Gasteiger partial charge in [-0.2, -0.15) is 0 Å². The van der Waals surface area contributed by atoms with Gasteiger partial charge in [-0.25, -0.2) is 0 Å². The molecule has 0 aromatic heterocycles. The highest BCUT2D eigenvalue weighted by Crippen LogP contribution is 2.32. The van der Waals surface area contributed by atoms with Gasteiger partial charge in [-0.3, -0.25) is 9.59 Å². The summed E-state index contributed by atoms with van der Waals surface area (Å²) in [6.45, 7) is 5.30. The summed E-state index contributed by atoms with van der Waals surface area (Å²) in [5.41, 5.74) is 0.919. The Morgan fingerprint density at radius 1 is 1.14 bits per heavy atom. The Balaban J connectivity index is 0.00000240. The molecule has 2 aromatic rings. The van der Waals surface area contributed by atoms with E-state index >= 15 is 0 Å². The number of piperidine rings is 1. The summed E-state index contributed by atoms with van der Waals surface area (Å²) >= 11 is 0. The Morgan fingerprint density at radius 3 is 2.62 bits per heavy atom. The molecule has 2 aliphatic rings. The number of nitrogens with zero attached hydrogens (tertiary/aromatic N) is 2. The molecule has 5 nitrogen and oxygen atoms in total. The van der Waals surface area contributed by atoms with Crippen LogP contribution in [0.4, 0.5) is 5.69 Å². The van der Waals surface area contributed by atoms with Crippen LogP contribution in [0, 0.1) is 5.92 Å². The van der Waals surface area contributed by atoms with Crippen LogP contribution >= 0.6 is 12.4 Å². The van der Waals surface area contributed by atoms with E-state index in [0.717, 1.165) is 55.4 Å². The highest BCUT2D eigenvalue weighted by Gasteiger charge is 2.39. The average molecular weight is 416 g/mol. The van der Waals surface area contributed by atoms with Crippen molar-refractivity contribution in [2.45, 2.75) is 38.6 Å². The Morgan fingerprint density at radius 2 is 1.86 bits per heavy atom. The van der Waals surface area contributed by atoms with Crippen molar-refractivity contribution in [2.24, 2.45) is 5.92 Å². The fourth-order valence-corrected chi connectivity index (χ4v) is 4.62. The lowest BCUT2D eigenvalue weighted by Gasteiger charge is -2.36. The van der Waals surface area contributed by atoms with E-state index in [-0.39, 0.29) is 30.1 Å². The number of carbonyl (C=O) groups excluding carboxylic acids is 2. The Kier molecular flexibility index (Phi) is 7.14. The van der Waals surface area contributed by atoms with Crippen LogP contribution in [0.2, 0.25) is 0 Å². The third kappa shape index (κ3) is 4.41. The molecule has 2 heterocycles. The Bertz CT molecular complexity index is 861. The minimum Gasteiger partial charge on any atom is -0.339 e. The molecule has 0 spiro atoms. The molecule has 0 aliphatic carbocycles. The molecule has 2 amide bonds. The molecule has 156 valence electrons. The molecule has 1 N–H and O–H groups in total. The van der Waals surface area contributed by atoms with Gasteiger partial charge in [0.2, 0.25) is 11.8 Å². The van der Waals surface area contributed by atoms with E-state index in [1.165, 1.54) is 0 Å². The van der Waals surface area contributed by atoms with E-state index in [4.69, 9.17) is 0 Å². The maximum Gasteiger partial charge on any atom is 0.228 e. The fraction of sp³-hybridized carbons (Fsp3) is 0.478. The number of hydrogen-bond acceptors (Lipinski definition) is 3. The number of fused-ring (bicyclic) bond motifs is 1. The van der Waals surface area contributed by atoms with Crippen LogP contribution in [0.15, 0.2) is 42.5 Å². The van der Waals surface area contributed by atoms with Crippen molar-refractivity contribution in [1.82, 2.24) is 10.2 Å². The molecule has 2 aromatic carbocycles. The smallest absolute Gasteiger partial charge is 0.228 e. The summed E-state index contributed by atoms with van der Waals surface area (Å²) in [4.78, 5) is 30.1. The molecule has 4 rings (SSSR count). The normalized spacial score (nSPS) is 20.0. The van der Waals surface area contributed by atoms with Crippen LogP contribution < -0.4 is 10.2 Å². The highest BCUT2D eigenvalue weighted by atomic mass is 35.5. The van der Waals surface area contributed by atoms with Crippen molar-refractivity contribution in [3.05, 3.63) is 42.5 Å². The summed E-state index contributed by atoms with van der Waals surface area (Å²) in [5.74, 6) is -0.0331. The molecule has 2 saturated heterocycles. The molecule has 0 saturated carbocycles. The van der Waals surface area contributed by atoms with Crippen molar-refractivity contribution >= 4 is 40.7 Å². The Labute approximate surface area is 178 Å². The zero-order valence-corrected chi connectivity index (χ0v) is 17.8. The number of anilines is 1. The first-order chi connectivity index (χ1) is 13.7. The van der Waals surface area contributed by atoms with Gasteiger partial charge in [0.25, 0.3) is 0 Å². The minimum absolute atomic E-state index is 0. The lowest BCUT2D eigenvalue weighted by molar-refractivity contribution is -0.138. The first-order valence-electron chi connectivity index (χ1n) is 10.5. The second kappa shape index (κ2) is 9.59. The minimum atomic E-state index is -0.243. The first-order valence-corrected chi connectivity index (χ1v) is 10.5. The maximum atomic E-state index is 13.3. The number of rotatable bonds is 5. The van der Waals surface area contributed by atoms with Crippen molar-refractivity contribution in [1.29, 1.82) is 0 Å². The van der Waals surface area contributed by atoms with Crippen LogP contribution in [-0.4, -0.2) is 48.9 Å². The van der Waals surface area contributed by atoms with Gasteiger partial charge < -0.3 is 15.1 Å². The molecule has 2 fully saturated rings. The zero-order valence-electron chi connectivity index (χ0n) is 17.0. The number of amides is 2. The molecule has 0 radical (unpaired) electrons. The molecule has 2 aliphatic heterocycles. The summed E-state index contributed by atoms with van der Waals surface area (Å²) in [6.07, 6.45) is 3.26. The SMILES string of the molecule is CCCN(C(=O)C1CC(=O)N(c2cccc3ccccc23)C1)C1CCNCC1.Cl. The fourth-order valence-electron chi connectivity index (χ4n) is 4.62. The zero-order chi connectivity index (χ0) is 19.5. The average Bonchev–Trinajstić information content (AvgIpc) is 3.13. The van der Waals surface area contributed by atoms with Gasteiger partial charge in [-0.05, 0) is 43.8 Å². The van der Waals surface area contributed by atoms with Crippen molar-refractivity contribution in [3.63, 3.8) is 0 Å². The number of halogens is 1. The number of hydrogen-bond donors (Lipinski definition) is 1. The van der Waals surface area contributed by atoms with Crippen molar-refractivity contribution in [3.8, 4) is 0 Å². The summed E-state index contributed by atoms with van der Waals surface area (Å²) in [6, 6.07) is 14.4. The second-order valence-electron chi connectivity index (χ2n) is 7.92. The number of benzene rings is 2. The molecular formula is C23H30ClN3O2. The summed E-state index contributed by atoms with van der Waals surface area (Å²) < 4.78 is 0. The lowest BCUT2D eigenvalue weighted by Crippen LogP contribution is -2.48. The molecule has 1 unspecified atom stereocenters. The lowest BCUT2D eigenvalue weighted by atomic mass is 10.0. The quantitative estimate of drug-likeness (QED) is 0.811. The van der Waals surface area contributed by atoms with Gasteiger partial charge in [0, 0.05) is 30.9 Å². The topological polar surface area (TPSA) is 52.7 Å². The molecular weight excluding hydrogens is 386 g/mol. The van der Waals surface area contributed by atoms with E-state index in [1.807, 2.05) is 35.2 Å². The maximum absolute atomic E-state index is 13.3. The van der Waals surface area contributed by atoms with E-state index in [9.17, 15) is 9.59 Å². The highest BCUT2D eigenvalue weighted by molar-refractivity contribution is 6.07. The molecule has 29 heavy (non-hydrogen) atoms. The van der Waals surface area contributed by atoms with E-state index in [0.29, 0.717) is 19.0 Å². The van der Waals surface area contributed by atoms with Gasteiger partial charge in [0.15, 0.2) is 0 Å². The van der Waals surface area contributed by atoms with Crippen molar-refractivity contribution in [2.75, 3.05) is 31.1 Å². The predicted octanol–water partition coefficient (Wildman–Crippen LogP) is 3.61. The molecule has 6 heteroatoms. The van der Waals surface area contributed by atoms with Crippen LogP contribution in [0.3, 0.4) is 0 Å². The van der Waals surface area contributed by atoms with Crippen LogP contribution in [0.5, 0.6) is 0 Å². The Hall–Kier alpha value is -2.11. The second-order valence-corrected chi connectivity index (χ2v) is 7.92. The summed E-state index contributed by atoms with van der Waals surface area (Å²) in [7, 11) is 0. The third-order valence-corrected chi connectivity index (χ3v) is 6.03. The van der Waals surface area contributed by atoms with Gasteiger partial charge in [-0.1, -0.05) is 43.3 Å². The first kappa shape index (κ1) is 21.6. The molecule has 0 bridgehead atoms. The van der Waals surface area contributed by atoms with Gasteiger partial charge in [0.1, 0.15) is 0 Å². The van der Waals surface area contributed by atoms with Gasteiger partial charge in [-0.15, -0.1) is 12.4 Å². The van der Waals surface area contributed by atoms with E-state index < -0.39 is 0 Å². The van der Waals surface area contributed by atoms with E-state index in [1.54, 1.807) is 0 Å². The van der Waals surface area contributed by atoms with Gasteiger partial charge >= 0.3 is 0 Å². The third-order valence-electron chi connectivity index (χ3n) is 6.03. The largest absolute Gasteiger partial charge is 0.339 e. The van der Waals surface area contributed by atoms with Crippen LogP contribution in [0.25, 0.3) is 10.8 Å². The van der Waals surface area contributed by atoms with E-state index in [2.05, 4.69) is 29.3 Å². The van der Waals surface area contributed by atoms with Crippen molar-refractivity contribution < 1.29 is 9.59 Å². The molecule has 1 atom stereocenters.